The van der Waals surface area contributed by atoms with Crippen molar-refractivity contribution in [1.82, 2.24) is 19.5 Å². The van der Waals surface area contributed by atoms with Crippen LogP contribution in [-0.2, 0) is 0 Å². The number of aliphatic hydroxyl groups is 1. The molecule has 2 aromatic heterocycles. The zero-order chi connectivity index (χ0) is 21.2. The standard InChI is InChI=1S/C24H17N5OS/c25-14-17(23-26-18-10-4-5-11-19(18)27-23)22(30)15-31-24-28-20-12-6-7-13-21(20)29(24)16-8-2-1-3-9-16/h1-13,30H,15H2,(H,26,27)/b22-17-. The second-order valence-electron chi connectivity index (χ2n) is 6.88. The number of aromatic nitrogens is 4. The number of nitrogens with zero attached hydrogens (tertiary/aromatic N) is 4. The Balaban J connectivity index is 1.51. The minimum atomic E-state index is -0.0433. The third-order valence-corrected chi connectivity index (χ3v) is 5.86. The normalized spacial score (nSPS) is 12.1. The maximum absolute atomic E-state index is 10.7. The zero-order valence-electron chi connectivity index (χ0n) is 16.4. The van der Waals surface area contributed by atoms with E-state index in [1.165, 1.54) is 11.8 Å². The highest BCUT2D eigenvalue weighted by Crippen LogP contribution is 2.30. The first kappa shape index (κ1) is 19.0. The predicted molar refractivity (Wildman–Crippen MR) is 123 cm³/mol. The molecule has 0 saturated carbocycles. The minimum Gasteiger partial charge on any atom is -0.510 e. The summed E-state index contributed by atoms with van der Waals surface area (Å²) in [6.45, 7) is 0. The summed E-state index contributed by atoms with van der Waals surface area (Å²) < 4.78 is 2.06. The van der Waals surface area contributed by atoms with Gasteiger partial charge in [0.15, 0.2) is 11.0 Å². The van der Waals surface area contributed by atoms with Crippen molar-refractivity contribution in [3.8, 4) is 11.8 Å². The van der Waals surface area contributed by atoms with Crippen LogP contribution in [0.4, 0.5) is 0 Å². The van der Waals surface area contributed by atoms with E-state index in [-0.39, 0.29) is 17.1 Å². The van der Waals surface area contributed by atoms with Crippen molar-refractivity contribution in [2.24, 2.45) is 0 Å². The molecule has 0 radical (unpaired) electrons. The summed E-state index contributed by atoms with van der Waals surface area (Å²) in [5.41, 5.74) is 4.53. The van der Waals surface area contributed by atoms with Crippen LogP contribution < -0.4 is 0 Å². The van der Waals surface area contributed by atoms with Crippen LogP contribution in [0.5, 0.6) is 0 Å². The summed E-state index contributed by atoms with van der Waals surface area (Å²) in [6, 6.07) is 27.5. The van der Waals surface area contributed by atoms with Crippen LogP contribution in [0.1, 0.15) is 5.82 Å². The summed E-state index contributed by atoms with van der Waals surface area (Å²) in [6.07, 6.45) is 0. The van der Waals surface area contributed by atoms with E-state index < -0.39 is 0 Å². The number of fused-ring (bicyclic) bond motifs is 2. The van der Waals surface area contributed by atoms with Gasteiger partial charge in [-0.25, -0.2) is 9.97 Å². The molecule has 0 unspecified atom stereocenters. The maximum atomic E-state index is 10.7. The highest BCUT2D eigenvalue weighted by atomic mass is 32.2. The Bertz CT molecular complexity index is 1430. The average Bonchev–Trinajstić information content (AvgIpc) is 3.40. The Morgan fingerprint density at radius 3 is 2.42 bits per heavy atom. The zero-order valence-corrected chi connectivity index (χ0v) is 17.2. The van der Waals surface area contributed by atoms with Gasteiger partial charge in [0.1, 0.15) is 17.4 Å². The molecule has 0 saturated heterocycles. The second-order valence-corrected chi connectivity index (χ2v) is 7.82. The van der Waals surface area contributed by atoms with E-state index in [2.05, 4.69) is 20.6 Å². The van der Waals surface area contributed by atoms with Gasteiger partial charge in [-0.05, 0) is 36.4 Å². The van der Waals surface area contributed by atoms with E-state index >= 15 is 0 Å². The first-order valence-corrected chi connectivity index (χ1v) is 10.7. The van der Waals surface area contributed by atoms with Gasteiger partial charge < -0.3 is 10.1 Å². The fourth-order valence-corrected chi connectivity index (χ4v) is 4.36. The fraction of sp³-hybridized carbons (Fsp3) is 0.0417. The fourth-order valence-electron chi connectivity index (χ4n) is 3.46. The van der Waals surface area contributed by atoms with E-state index in [4.69, 9.17) is 4.98 Å². The van der Waals surface area contributed by atoms with Crippen LogP contribution in [0.15, 0.2) is 89.8 Å². The molecule has 0 aliphatic rings. The number of nitrogens with one attached hydrogen (secondary N) is 1. The first-order chi connectivity index (χ1) is 15.2. The van der Waals surface area contributed by atoms with Crippen molar-refractivity contribution in [3.63, 3.8) is 0 Å². The number of hydrogen-bond acceptors (Lipinski definition) is 5. The summed E-state index contributed by atoms with van der Waals surface area (Å²) in [7, 11) is 0. The SMILES string of the molecule is N#C/C(=C(/O)CSc1nc2ccccc2n1-c1ccccc1)c1nc2ccccc2[nH]1. The molecule has 2 N–H and O–H groups in total. The second kappa shape index (κ2) is 8.01. The minimum absolute atomic E-state index is 0.0433. The van der Waals surface area contributed by atoms with Crippen molar-refractivity contribution >= 4 is 39.4 Å². The average molecular weight is 424 g/mol. The number of para-hydroxylation sites is 5. The van der Waals surface area contributed by atoms with Crippen LogP contribution >= 0.6 is 11.8 Å². The number of aliphatic hydroxyl groups excluding tert-OH is 1. The van der Waals surface area contributed by atoms with Crippen LogP contribution in [0.2, 0.25) is 0 Å². The molecule has 0 fully saturated rings. The Labute approximate surface area is 182 Å². The maximum Gasteiger partial charge on any atom is 0.174 e. The summed E-state index contributed by atoms with van der Waals surface area (Å²) in [5, 5.41) is 21.1. The third-order valence-electron chi connectivity index (χ3n) is 4.91. The molecule has 3 aromatic carbocycles. The number of hydrogen-bond donors (Lipinski definition) is 2. The smallest absolute Gasteiger partial charge is 0.174 e. The third kappa shape index (κ3) is 3.54. The van der Waals surface area contributed by atoms with Gasteiger partial charge >= 0.3 is 0 Å². The number of imidazole rings is 2. The van der Waals surface area contributed by atoms with Crippen LogP contribution in [0, 0.1) is 11.3 Å². The summed E-state index contributed by atoms with van der Waals surface area (Å²) in [4.78, 5) is 12.3. The molecule has 150 valence electrons. The largest absolute Gasteiger partial charge is 0.510 e. The van der Waals surface area contributed by atoms with Crippen LogP contribution in [0.25, 0.3) is 33.3 Å². The molecule has 0 atom stereocenters. The van der Waals surface area contributed by atoms with Gasteiger partial charge in [0.2, 0.25) is 0 Å². The Kier molecular flexibility index (Phi) is 4.90. The van der Waals surface area contributed by atoms with Crippen molar-refractivity contribution < 1.29 is 5.11 Å². The summed E-state index contributed by atoms with van der Waals surface area (Å²) in [5.74, 6) is 0.507. The van der Waals surface area contributed by atoms with E-state index in [9.17, 15) is 10.4 Å². The Hall–Kier alpha value is -4.02. The number of allylic oxidation sites excluding steroid dienone is 1. The van der Waals surface area contributed by atoms with Gasteiger partial charge in [-0.15, -0.1) is 0 Å². The molecule has 0 aliphatic heterocycles. The van der Waals surface area contributed by atoms with Gasteiger partial charge in [-0.3, -0.25) is 4.57 Å². The highest BCUT2D eigenvalue weighted by molar-refractivity contribution is 7.99. The summed E-state index contributed by atoms with van der Waals surface area (Å²) >= 11 is 1.37. The number of benzene rings is 3. The number of H-pyrrole nitrogens is 1. The molecule has 0 aliphatic carbocycles. The van der Waals surface area contributed by atoms with E-state index in [0.717, 1.165) is 32.9 Å². The Morgan fingerprint density at radius 2 is 1.65 bits per heavy atom. The van der Waals surface area contributed by atoms with Crippen LogP contribution in [-0.4, -0.2) is 30.4 Å². The lowest BCUT2D eigenvalue weighted by Gasteiger charge is -2.09. The topological polar surface area (TPSA) is 90.5 Å². The molecule has 6 nitrogen and oxygen atoms in total. The van der Waals surface area contributed by atoms with Crippen molar-refractivity contribution in [3.05, 3.63) is 90.4 Å². The number of thioether (sulfide) groups is 1. The molecular weight excluding hydrogens is 406 g/mol. The molecule has 0 spiro atoms. The number of rotatable bonds is 5. The van der Waals surface area contributed by atoms with Gasteiger partial charge in [0.05, 0.1) is 27.8 Å². The van der Waals surface area contributed by atoms with E-state index in [0.29, 0.717) is 5.82 Å². The number of nitriles is 1. The van der Waals surface area contributed by atoms with E-state index in [1.54, 1.807) is 0 Å². The van der Waals surface area contributed by atoms with E-state index in [1.807, 2.05) is 78.9 Å². The van der Waals surface area contributed by atoms with Gasteiger partial charge in [-0.1, -0.05) is 54.2 Å². The van der Waals surface area contributed by atoms with Gasteiger partial charge in [0.25, 0.3) is 0 Å². The predicted octanol–water partition coefficient (Wildman–Crippen LogP) is 5.49. The Morgan fingerprint density at radius 1 is 0.935 bits per heavy atom. The monoisotopic (exact) mass is 423 g/mol. The molecule has 5 rings (SSSR count). The number of aromatic amines is 1. The quantitative estimate of drug-likeness (QED) is 0.222. The molecule has 31 heavy (non-hydrogen) atoms. The molecule has 7 heteroatoms. The highest BCUT2D eigenvalue weighted by Gasteiger charge is 2.17. The lowest BCUT2D eigenvalue weighted by molar-refractivity contribution is 0.420. The van der Waals surface area contributed by atoms with Crippen molar-refractivity contribution in [2.45, 2.75) is 5.16 Å². The molecule has 5 aromatic rings. The van der Waals surface area contributed by atoms with Gasteiger partial charge in [0, 0.05) is 5.69 Å². The van der Waals surface area contributed by atoms with Crippen LogP contribution in [0.3, 0.4) is 0 Å². The molecular formula is C24H17N5OS. The lowest BCUT2D eigenvalue weighted by Crippen LogP contribution is -1.99. The molecule has 0 bridgehead atoms. The van der Waals surface area contributed by atoms with Gasteiger partial charge in [-0.2, -0.15) is 5.26 Å². The first-order valence-electron chi connectivity index (χ1n) is 9.67. The lowest BCUT2D eigenvalue weighted by atomic mass is 10.2. The molecule has 2 heterocycles. The van der Waals surface area contributed by atoms with Crippen molar-refractivity contribution in [2.75, 3.05) is 5.75 Å². The van der Waals surface area contributed by atoms with Crippen molar-refractivity contribution in [1.29, 1.82) is 5.26 Å². The molecule has 0 amide bonds.